The molecule has 17 heavy (non-hydrogen) atoms. The molecule has 1 atom stereocenters. The van der Waals surface area contributed by atoms with Gasteiger partial charge in [-0.2, -0.15) is 0 Å². The Kier molecular flexibility index (Phi) is 3.10. The third-order valence-electron chi connectivity index (χ3n) is 2.81. The van der Waals surface area contributed by atoms with Gasteiger partial charge >= 0.3 is 0 Å². The molecule has 1 aromatic carbocycles. The molecule has 0 bridgehead atoms. The lowest BCUT2D eigenvalue weighted by Crippen LogP contribution is -2.25. The number of nitrogens with two attached hydrogens (primary N) is 1. The largest absolute Gasteiger partial charge is 0.497 e. The first-order valence-corrected chi connectivity index (χ1v) is 6.43. The molecular formula is C13H18N2OS. The summed E-state index contributed by atoms with van der Waals surface area (Å²) in [7, 11) is 1.67. The van der Waals surface area contributed by atoms with Crippen LogP contribution in [0.2, 0.25) is 0 Å². The van der Waals surface area contributed by atoms with Crippen LogP contribution in [0.4, 0.5) is 0 Å². The molecule has 1 heterocycles. The molecule has 3 nitrogen and oxygen atoms in total. The zero-order valence-electron chi connectivity index (χ0n) is 10.7. The topological polar surface area (TPSA) is 48.1 Å². The fourth-order valence-corrected chi connectivity index (χ4v) is 2.80. The minimum Gasteiger partial charge on any atom is -0.497 e. The lowest BCUT2D eigenvalue weighted by molar-refractivity contribution is 0.326. The molecule has 1 unspecified atom stereocenters. The molecule has 2 rings (SSSR count). The van der Waals surface area contributed by atoms with Crippen molar-refractivity contribution >= 4 is 21.6 Å². The van der Waals surface area contributed by atoms with Crippen LogP contribution in [0.3, 0.4) is 0 Å². The number of thiazole rings is 1. The highest BCUT2D eigenvalue weighted by atomic mass is 32.1. The summed E-state index contributed by atoms with van der Waals surface area (Å²) in [6, 6.07) is 5.87. The zero-order valence-corrected chi connectivity index (χ0v) is 11.5. The van der Waals surface area contributed by atoms with Crippen LogP contribution >= 0.6 is 11.3 Å². The predicted molar refractivity (Wildman–Crippen MR) is 72.6 cm³/mol. The molecule has 0 fully saturated rings. The van der Waals surface area contributed by atoms with E-state index >= 15 is 0 Å². The Hall–Kier alpha value is -1.13. The highest BCUT2D eigenvalue weighted by Gasteiger charge is 2.25. The summed E-state index contributed by atoms with van der Waals surface area (Å²) in [5, 5.41) is 0.987. The maximum atomic E-state index is 6.22. The van der Waals surface area contributed by atoms with Gasteiger partial charge in [-0.05, 0) is 23.6 Å². The van der Waals surface area contributed by atoms with Gasteiger partial charge in [0.05, 0.1) is 23.4 Å². The van der Waals surface area contributed by atoms with Crippen molar-refractivity contribution in [2.45, 2.75) is 26.8 Å². The van der Waals surface area contributed by atoms with E-state index in [-0.39, 0.29) is 11.5 Å². The van der Waals surface area contributed by atoms with Crippen molar-refractivity contribution in [3.8, 4) is 5.75 Å². The minimum atomic E-state index is -0.0362. The molecule has 0 saturated carbocycles. The summed E-state index contributed by atoms with van der Waals surface area (Å²) >= 11 is 1.65. The Bertz CT molecular complexity index is 528. The monoisotopic (exact) mass is 250 g/mol. The fraction of sp³-hybridized carbons (Fsp3) is 0.462. The third kappa shape index (κ3) is 2.42. The summed E-state index contributed by atoms with van der Waals surface area (Å²) in [6.07, 6.45) is 0. The van der Waals surface area contributed by atoms with E-state index in [0.717, 1.165) is 21.0 Å². The second-order valence-electron chi connectivity index (χ2n) is 5.23. The number of hydrogen-bond acceptors (Lipinski definition) is 4. The van der Waals surface area contributed by atoms with E-state index in [1.165, 1.54) is 0 Å². The van der Waals surface area contributed by atoms with Crippen LogP contribution in [0.1, 0.15) is 31.8 Å². The Morgan fingerprint density at radius 2 is 2.06 bits per heavy atom. The number of hydrogen-bond donors (Lipinski definition) is 1. The van der Waals surface area contributed by atoms with Crippen molar-refractivity contribution in [1.82, 2.24) is 4.98 Å². The first kappa shape index (κ1) is 12.3. The first-order chi connectivity index (χ1) is 7.91. The lowest BCUT2D eigenvalue weighted by atomic mass is 9.88. The van der Waals surface area contributed by atoms with Crippen molar-refractivity contribution < 1.29 is 4.74 Å². The summed E-state index contributed by atoms with van der Waals surface area (Å²) in [5.41, 5.74) is 7.24. The molecule has 2 aromatic rings. The number of fused-ring (bicyclic) bond motifs is 1. The van der Waals surface area contributed by atoms with Crippen LogP contribution in [-0.4, -0.2) is 12.1 Å². The molecule has 0 aliphatic carbocycles. The molecule has 0 saturated heterocycles. The van der Waals surface area contributed by atoms with Crippen LogP contribution in [0.5, 0.6) is 5.75 Å². The maximum absolute atomic E-state index is 6.22. The van der Waals surface area contributed by atoms with Crippen molar-refractivity contribution in [3.63, 3.8) is 0 Å². The van der Waals surface area contributed by atoms with Gasteiger partial charge in [0.2, 0.25) is 0 Å². The van der Waals surface area contributed by atoms with Gasteiger partial charge in [-0.25, -0.2) is 4.98 Å². The summed E-state index contributed by atoms with van der Waals surface area (Å²) in [4.78, 5) is 4.59. The first-order valence-electron chi connectivity index (χ1n) is 5.62. The number of aromatic nitrogens is 1. The van der Waals surface area contributed by atoms with Gasteiger partial charge in [-0.15, -0.1) is 11.3 Å². The van der Waals surface area contributed by atoms with Crippen molar-refractivity contribution in [3.05, 3.63) is 23.2 Å². The Balaban J connectivity index is 2.44. The second-order valence-corrected chi connectivity index (χ2v) is 6.29. The lowest BCUT2D eigenvalue weighted by Gasteiger charge is -2.24. The average molecular weight is 250 g/mol. The Labute approximate surface area is 106 Å². The molecule has 0 aliphatic heterocycles. The maximum Gasteiger partial charge on any atom is 0.120 e. The van der Waals surface area contributed by atoms with Gasteiger partial charge in [0.1, 0.15) is 10.8 Å². The van der Waals surface area contributed by atoms with Gasteiger partial charge in [0.15, 0.2) is 0 Å². The SMILES string of the molecule is COc1ccc2nc(C(N)C(C)(C)C)sc2c1. The molecule has 0 amide bonds. The molecule has 0 aliphatic rings. The zero-order chi connectivity index (χ0) is 12.6. The van der Waals surface area contributed by atoms with Gasteiger partial charge in [-0.3, -0.25) is 0 Å². The summed E-state index contributed by atoms with van der Waals surface area (Å²) in [6.45, 7) is 6.39. The second kappa shape index (κ2) is 4.27. The van der Waals surface area contributed by atoms with E-state index in [9.17, 15) is 0 Å². The molecule has 0 spiro atoms. The third-order valence-corrected chi connectivity index (χ3v) is 3.91. The molecule has 92 valence electrons. The van der Waals surface area contributed by atoms with Crippen LogP contribution in [0.15, 0.2) is 18.2 Å². The smallest absolute Gasteiger partial charge is 0.120 e. The number of ether oxygens (including phenoxy) is 1. The minimum absolute atomic E-state index is 0.0258. The molecule has 1 aromatic heterocycles. The van der Waals surface area contributed by atoms with Crippen molar-refractivity contribution in [1.29, 1.82) is 0 Å². The quantitative estimate of drug-likeness (QED) is 0.889. The van der Waals surface area contributed by atoms with Crippen molar-refractivity contribution in [2.75, 3.05) is 7.11 Å². The van der Waals surface area contributed by atoms with Gasteiger partial charge in [0, 0.05) is 0 Å². The standard InChI is InChI=1S/C13H18N2OS/c1-13(2,3)11(14)12-15-9-6-5-8(16-4)7-10(9)17-12/h5-7,11H,14H2,1-4H3. The van der Waals surface area contributed by atoms with Gasteiger partial charge in [-0.1, -0.05) is 20.8 Å². The summed E-state index contributed by atoms with van der Waals surface area (Å²) < 4.78 is 6.33. The van der Waals surface area contributed by atoms with E-state index in [0.29, 0.717) is 0 Å². The van der Waals surface area contributed by atoms with E-state index in [1.54, 1.807) is 18.4 Å². The van der Waals surface area contributed by atoms with E-state index in [2.05, 4.69) is 25.8 Å². The Morgan fingerprint density at radius 1 is 1.35 bits per heavy atom. The molecule has 4 heteroatoms. The predicted octanol–water partition coefficient (Wildman–Crippen LogP) is 3.35. The fourth-order valence-electron chi connectivity index (χ4n) is 1.55. The van der Waals surface area contributed by atoms with E-state index in [4.69, 9.17) is 10.5 Å². The molecular weight excluding hydrogens is 232 g/mol. The number of methoxy groups -OCH3 is 1. The van der Waals surface area contributed by atoms with Gasteiger partial charge in [0.25, 0.3) is 0 Å². The van der Waals surface area contributed by atoms with Crippen LogP contribution in [0.25, 0.3) is 10.2 Å². The van der Waals surface area contributed by atoms with Gasteiger partial charge < -0.3 is 10.5 Å². The number of benzene rings is 1. The molecule has 2 N–H and O–H groups in total. The Morgan fingerprint density at radius 3 is 2.65 bits per heavy atom. The normalized spacial score (nSPS) is 13.9. The van der Waals surface area contributed by atoms with Crippen LogP contribution in [-0.2, 0) is 0 Å². The number of rotatable bonds is 2. The highest BCUT2D eigenvalue weighted by Crippen LogP contribution is 2.35. The van der Waals surface area contributed by atoms with Crippen LogP contribution < -0.4 is 10.5 Å². The van der Waals surface area contributed by atoms with E-state index < -0.39 is 0 Å². The highest BCUT2D eigenvalue weighted by molar-refractivity contribution is 7.18. The van der Waals surface area contributed by atoms with E-state index in [1.807, 2.05) is 18.2 Å². The number of nitrogens with zero attached hydrogens (tertiary/aromatic N) is 1. The molecule has 0 radical (unpaired) electrons. The average Bonchev–Trinajstić information content (AvgIpc) is 2.68. The summed E-state index contributed by atoms with van der Waals surface area (Å²) in [5.74, 6) is 0.858. The van der Waals surface area contributed by atoms with Crippen LogP contribution in [0, 0.1) is 5.41 Å². The van der Waals surface area contributed by atoms with Crippen molar-refractivity contribution in [2.24, 2.45) is 11.1 Å².